The van der Waals surface area contributed by atoms with Crippen molar-refractivity contribution >= 4 is 20.7 Å². The molecule has 0 atom stereocenters. The molecule has 0 radical (unpaired) electrons. The van der Waals surface area contributed by atoms with Crippen LogP contribution in [-0.4, -0.2) is 19.0 Å². The van der Waals surface area contributed by atoms with Crippen molar-refractivity contribution in [3.8, 4) is 5.75 Å². The summed E-state index contributed by atoms with van der Waals surface area (Å²) in [4.78, 5) is 0.0547. The molecule has 3 nitrogen and oxygen atoms in total. The van der Waals surface area contributed by atoms with Gasteiger partial charge < -0.3 is 5.11 Å². The highest BCUT2D eigenvalue weighted by Crippen LogP contribution is 2.43. The van der Waals surface area contributed by atoms with Gasteiger partial charge in [-0.2, -0.15) is 13.2 Å². The molecule has 0 aromatic heterocycles. The standard InChI is InChI=1S/C19H13F3O3S2/c20-19(21,22)27(24,25)18-16(23)12-7-13-17(18)26(14-8-3-1-4-9-14)15-10-5-2-6-11-15/h1-13H/p+1. The van der Waals surface area contributed by atoms with Crippen LogP contribution >= 0.6 is 0 Å². The van der Waals surface area contributed by atoms with Crippen LogP contribution < -0.4 is 0 Å². The van der Waals surface area contributed by atoms with E-state index in [-0.39, 0.29) is 4.90 Å². The zero-order valence-corrected chi connectivity index (χ0v) is 15.4. The van der Waals surface area contributed by atoms with E-state index >= 15 is 0 Å². The summed E-state index contributed by atoms with van der Waals surface area (Å²) < 4.78 is 64.1. The van der Waals surface area contributed by atoms with Crippen LogP contribution in [0.5, 0.6) is 5.75 Å². The third-order valence-electron chi connectivity index (χ3n) is 3.71. The van der Waals surface area contributed by atoms with Crippen molar-refractivity contribution in [2.24, 2.45) is 0 Å². The van der Waals surface area contributed by atoms with Crippen molar-refractivity contribution in [3.63, 3.8) is 0 Å². The second kappa shape index (κ2) is 7.28. The van der Waals surface area contributed by atoms with Gasteiger partial charge in [-0.25, -0.2) is 8.42 Å². The second-order valence-corrected chi connectivity index (χ2v) is 9.36. The zero-order chi connectivity index (χ0) is 19.7. The predicted molar refractivity (Wildman–Crippen MR) is 96.4 cm³/mol. The van der Waals surface area contributed by atoms with E-state index in [2.05, 4.69) is 0 Å². The van der Waals surface area contributed by atoms with E-state index < -0.39 is 36.9 Å². The maximum Gasteiger partial charge on any atom is 0.502 e. The first-order valence-electron chi connectivity index (χ1n) is 7.71. The van der Waals surface area contributed by atoms with Gasteiger partial charge in [0, 0.05) is 0 Å². The van der Waals surface area contributed by atoms with E-state index in [4.69, 9.17) is 0 Å². The number of alkyl halides is 3. The van der Waals surface area contributed by atoms with Crippen LogP contribution in [0.4, 0.5) is 13.2 Å². The third kappa shape index (κ3) is 3.68. The fraction of sp³-hybridized carbons (Fsp3) is 0.0526. The average molecular weight is 411 g/mol. The van der Waals surface area contributed by atoms with Gasteiger partial charge in [-0.1, -0.05) is 42.5 Å². The number of hydrogen-bond acceptors (Lipinski definition) is 3. The summed E-state index contributed by atoms with van der Waals surface area (Å²) in [6, 6.07) is 20.8. The van der Waals surface area contributed by atoms with Crippen LogP contribution in [-0.2, 0) is 20.7 Å². The lowest BCUT2D eigenvalue weighted by Gasteiger charge is -2.14. The normalized spacial score (nSPS) is 12.3. The van der Waals surface area contributed by atoms with Gasteiger partial charge in [0.2, 0.25) is 0 Å². The Labute approximate surface area is 157 Å². The summed E-state index contributed by atoms with van der Waals surface area (Å²) in [5.74, 6) is -0.922. The van der Waals surface area contributed by atoms with E-state index in [1.54, 1.807) is 60.7 Å². The van der Waals surface area contributed by atoms with Crippen molar-refractivity contribution in [1.82, 2.24) is 0 Å². The van der Waals surface area contributed by atoms with Gasteiger partial charge in [0.1, 0.15) is 16.6 Å². The van der Waals surface area contributed by atoms with Crippen molar-refractivity contribution in [1.29, 1.82) is 0 Å². The summed E-state index contributed by atoms with van der Waals surface area (Å²) in [5.41, 5.74) is -5.52. The molecule has 3 rings (SSSR count). The molecule has 3 aromatic rings. The Bertz CT molecular complexity index is 995. The Morgan fingerprint density at radius 3 is 1.67 bits per heavy atom. The molecule has 0 fully saturated rings. The van der Waals surface area contributed by atoms with Gasteiger partial charge in [0.15, 0.2) is 19.6 Å². The maximum absolute atomic E-state index is 13.3. The Morgan fingerprint density at radius 2 is 1.22 bits per heavy atom. The lowest BCUT2D eigenvalue weighted by Crippen LogP contribution is -2.25. The quantitative estimate of drug-likeness (QED) is 0.629. The number of aromatic hydroxyl groups is 1. The number of benzene rings is 3. The summed E-state index contributed by atoms with van der Waals surface area (Å²) >= 11 is 0. The van der Waals surface area contributed by atoms with E-state index in [0.717, 1.165) is 6.07 Å². The molecular weight excluding hydrogens is 397 g/mol. The molecule has 0 aliphatic rings. The van der Waals surface area contributed by atoms with E-state index in [1.807, 2.05) is 0 Å². The first-order chi connectivity index (χ1) is 12.7. The number of rotatable bonds is 4. The third-order valence-corrected chi connectivity index (χ3v) is 7.68. The smallest absolute Gasteiger partial charge is 0.502 e. The van der Waals surface area contributed by atoms with Crippen LogP contribution in [0.15, 0.2) is 98.4 Å². The molecule has 0 unspecified atom stereocenters. The Hall–Kier alpha value is -2.45. The molecule has 0 saturated heterocycles. The van der Waals surface area contributed by atoms with Crippen LogP contribution in [0, 0.1) is 0 Å². The van der Waals surface area contributed by atoms with Crippen LogP contribution in [0.3, 0.4) is 0 Å². The Morgan fingerprint density at radius 1 is 0.741 bits per heavy atom. The Kier molecular flexibility index (Phi) is 5.21. The largest absolute Gasteiger partial charge is 0.506 e. The summed E-state index contributed by atoms with van der Waals surface area (Å²) in [5, 5.41) is 10.1. The highest BCUT2D eigenvalue weighted by molar-refractivity contribution is 7.98. The minimum Gasteiger partial charge on any atom is -0.506 e. The molecule has 0 bridgehead atoms. The van der Waals surface area contributed by atoms with Gasteiger partial charge in [-0.3, -0.25) is 0 Å². The second-order valence-electron chi connectivity index (χ2n) is 5.49. The highest BCUT2D eigenvalue weighted by atomic mass is 32.2. The minimum atomic E-state index is -5.74. The molecule has 1 N–H and O–H groups in total. The van der Waals surface area contributed by atoms with Gasteiger partial charge in [-0.05, 0) is 36.4 Å². The zero-order valence-electron chi connectivity index (χ0n) is 13.7. The van der Waals surface area contributed by atoms with Crippen LogP contribution in [0.1, 0.15) is 0 Å². The van der Waals surface area contributed by atoms with E-state index in [9.17, 15) is 26.7 Å². The van der Waals surface area contributed by atoms with Gasteiger partial charge in [0.05, 0.1) is 0 Å². The lowest BCUT2D eigenvalue weighted by atomic mass is 10.3. The molecule has 8 heteroatoms. The molecular formula is C19H14F3O3S2+. The maximum atomic E-state index is 13.3. The van der Waals surface area contributed by atoms with Gasteiger partial charge in [-0.15, -0.1) is 0 Å². The van der Waals surface area contributed by atoms with Gasteiger partial charge >= 0.3 is 5.51 Å². The number of phenols is 1. The molecule has 0 saturated carbocycles. The average Bonchev–Trinajstić information content (AvgIpc) is 2.63. The summed E-state index contributed by atoms with van der Waals surface area (Å²) in [7, 11) is -6.90. The minimum absolute atomic E-state index is 0.107. The predicted octanol–water partition coefficient (Wildman–Crippen LogP) is 4.78. The van der Waals surface area contributed by atoms with Crippen molar-refractivity contribution in [2.75, 3.05) is 0 Å². The fourth-order valence-electron chi connectivity index (χ4n) is 2.55. The van der Waals surface area contributed by atoms with Crippen molar-refractivity contribution in [2.45, 2.75) is 25.1 Å². The van der Waals surface area contributed by atoms with Crippen LogP contribution in [0.2, 0.25) is 0 Å². The van der Waals surface area contributed by atoms with E-state index in [0.29, 0.717) is 9.79 Å². The summed E-state index contributed by atoms with van der Waals surface area (Å²) in [6.07, 6.45) is 0. The number of sulfone groups is 1. The van der Waals surface area contributed by atoms with Crippen LogP contribution in [0.25, 0.3) is 0 Å². The number of phenolic OH excluding ortho intramolecular Hbond substituents is 1. The molecule has 0 aliphatic heterocycles. The lowest BCUT2D eigenvalue weighted by molar-refractivity contribution is -0.0438. The molecule has 0 spiro atoms. The summed E-state index contributed by atoms with van der Waals surface area (Å²) in [6.45, 7) is 0. The first kappa shape index (κ1) is 19.3. The van der Waals surface area contributed by atoms with Crippen molar-refractivity contribution < 1.29 is 26.7 Å². The SMILES string of the molecule is O=S(=O)(c1c(O)cccc1[S+](c1ccccc1)c1ccccc1)C(F)(F)F. The molecule has 0 aliphatic carbocycles. The van der Waals surface area contributed by atoms with Crippen molar-refractivity contribution in [3.05, 3.63) is 78.9 Å². The topological polar surface area (TPSA) is 54.4 Å². The molecule has 27 heavy (non-hydrogen) atoms. The number of halogens is 3. The first-order valence-corrected chi connectivity index (χ1v) is 10.4. The molecule has 0 amide bonds. The van der Waals surface area contributed by atoms with E-state index in [1.165, 1.54) is 12.1 Å². The number of hydrogen-bond donors (Lipinski definition) is 1. The van der Waals surface area contributed by atoms with Gasteiger partial charge in [0.25, 0.3) is 9.84 Å². The highest BCUT2D eigenvalue weighted by Gasteiger charge is 2.52. The fourth-order valence-corrected chi connectivity index (χ4v) is 6.18. The Balaban J connectivity index is 2.34. The molecule has 0 heterocycles. The molecule has 3 aromatic carbocycles. The molecule has 140 valence electrons. The monoisotopic (exact) mass is 411 g/mol.